The third-order valence-electron chi connectivity index (χ3n) is 3.88. The Bertz CT molecular complexity index is 926. The summed E-state index contributed by atoms with van der Waals surface area (Å²) in [5.41, 5.74) is 4.05. The third kappa shape index (κ3) is 3.31. The van der Waals surface area contributed by atoms with E-state index in [4.69, 9.17) is 0 Å². The van der Waals surface area contributed by atoms with Crippen molar-refractivity contribution in [3.8, 4) is 11.1 Å². The van der Waals surface area contributed by atoms with Gasteiger partial charge in [-0.05, 0) is 42.5 Å². The number of hydrogen-bond donors (Lipinski definition) is 2. The molecule has 0 aliphatic carbocycles. The molecular weight excluding hydrogens is 320 g/mol. The van der Waals surface area contributed by atoms with Gasteiger partial charge in [-0.1, -0.05) is 30.3 Å². The predicted octanol–water partition coefficient (Wildman–Crippen LogP) is 3.65. The van der Waals surface area contributed by atoms with E-state index in [2.05, 4.69) is 10.3 Å². The number of rotatable bonds is 4. The van der Waals surface area contributed by atoms with Crippen molar-refractivity contribution in [2.45, 2.75) is 20.4 Å². The van der Waals surface area contributed by atoms with Crippen molar-refractivity contribution >= 4 is 17.2 Å². The van der Waals surface area contributed by atoms with Crippen molar-refractivity contribution < 1.29 is 4.79 Å². The van der Waals surface area contributed by atoms with Crippen LogP contribution in [-0.2, 0) is 6.54 Å². The lowest BCUT2D eigenvalue weighted by Gasteiger charge is -2.09. The van der Waals surface area contributed by atoms with E-state index in [9.17, 15) is 9.59 Å². The molecule has 1 aromatic carbocycles. The molecule has 0 unspecified atom stereocenters. The second kappa shape index (κ2) is 6.84. The fourth-order valence-corrected chi connectivity index (χ4v) is 3.51. The molecule has 0 radical (unpaired) electrons. The minimum atomic E-state index is -0.164. The van der Waals surface area contributed by atoms with Crippen molar-refractivity contribution in [1.82, 2.24) is 10.3 Å². The summed E-state index contributed by atoms with van der Waals surface area (Å²) in [6.45, 7) is 3.94. The zero-order chi connectivity index (χ0) is 17.1. The highest BCUT2D eigenvalue weighted by Crippen LogP contribution is 2.28. The van der Waals surface area contributed by atoms with Crippen LogP contribution in [0.2, 0.25) is 0 Å². The Morgan fingerprint density at radius 2 is 1.92 bits per heavy atom. The molecule has 122 valence electrons. The van der Waals surface area contributed by atoms with Gasteiger partial charge in [-0.25, -0.2) is 0 Å². The van der Waals surface area contributed by atoms with E-state index >= 15 is 0 Å². The van der Waals surface area contributed by atoms with Gasteiger partial charge in [-0.15, -0.1) is 11.3 Å². The van der Waals surface area contributed by atoms with Crippen molar-refractivity contribution in [3.63, 3.8) is 0 Å². The van der Waals surface area contributed by atoms with Crippen LogP contribution < -0.4 is 10.9 Å². The van der Waals surface area contributed by atoms with Gasteiger partial charge in [0.15, 0.2) is 0 Å². The summed E-state index contributed by atoms with van der Waals surface area (Å²) in [7, 11) is 0. The number of carbonyl (C=O) groups excluding carboxylic acids is 1. The number of carbonyl (C=O) groups is 1. The first-order chi connectivity index (χ1) is 11.6. The monoisotopic (exact) mass is 338 g/mol. The molecule has 3 aromatic rings. The molecule has 5 heteroatoms. The number of thiophene rings is 1. The van der Waals surface area contributed by atoms with Gasteiger partial charge in [0.25, 0.3) is 11.5 Å². The normalized spacial score (nSPS) is 10.6. The first kappa shape index (κ1) is 16.2. The van der Waals surface area contributed by atoms with Gasteiger partial charge in [-0.3, -0.25) is 9.59 Å². The van der Waals surface area contributed by atoms with Crippen LogP contribution in [0.3, 0.4) is 0 Å². The van der Waals surface area contributed by atoms with Crippen LogP contribution >= 0.6 is 11.3 Å². The third-order valence-corrected chi connectivity index (χ3v) is 4.79. The number of hydrogen-bond acceptors (Lipinski definition) is 3. The SMILES string of the molecule is Cc1cc(C)c(CNC(=O)c2sccc2-c2ccccc2)c(=O)[nH]1. The average molecular weight is 338 g/mol. The maximum Gasteiger partial charge on any atom is 0.262 e. The summed E-state index contributed by atoms with van der Waals surface area (Å²) in [5.74, 6) is -0.164. The van der Waals surface area contributed by atoms with Gasteiger partial charge in [0.1, 0.15) is 0 Å². The Morgan fingerprint density at radius 3 is 2.62 bits per heavy atom. The first-order valence-electron chi connectivity index (χ1n) is 7.67. The summed E-state index contributed by atoms with van der Waals surface area (Å²) in [4.78, 5) is 28.0. The molecule has 1 amide bonds. The zero-order valence-corrected chi connectivity index (χ0v) is 14.4. The summed E-state index contributed by atoms with van der Waals surface area (Å²) < 4.78 is 0. The van der Waals surface area contributed by atoms with Crippen molar-refractivity contribution in [2.24, 2.45) is 0 Å². The predicted molar refractivity (Wildman–Crippen MR) is 97.5 cm³/mol. The molecule has 0 saturated heterocycles. The topological polar surface area (TPSA) is 62.0 Å². The fourth-order valence-electron chi connectivity index (χ4n) is 2.68. The molecule has 0 aliphatic heterocycles. The summed E-state index contributed by atoms with van der Waals surface area (Å²) in [6.07, 6.45) is 0. The molecule has 2 N–H and O–H groups in total. The van der Waals surface area contributed by atoms with Gasteiger partial charge < -0.3 is 10.3 Å². The highest BCUT2D eigenvalue weighted by Gasteiger charge is 2.15. The van der Waals surface area contributed by atoms with E-state index in [0.717, 1.165) is 22.4 Å². The number of pyridine rings is 1. The number of aryl methyl sites for hydroxylation is 2. The standard InChI is InChI=1S/C19H18N2O2S/c1-12-10-13(2)21-18(22)16(12)11-20-19(23)17-15(8-9-24-17)14-6-4-3-5-7-14/h3-10H,11H2,1-2H3,(H,20,23)(H,21,22). The molecule has 0 spiro atoms. The molecule has 24 heavy (non-hydrogen) atoms. The summed E-state index contributed by atoms with van der Waals surface area (Å²) in [5, 5.41) is 4.77. The molecule has 4 nitrogen and oxygen atoms in total. The number of aromatic nitrogens is 1. The molecular formula is C19H18N2O2S. The first-order valence-corrected chi connectivity index (χ1v) is 8.54. The molecule has 0 atom stereocenters. The molecule has 3 rings (SSSR count). The van der Waals surface area contributed by atoms with Gasteiger partial charge in [0.2, 0.25) is 0 Å². The second-order valence-corrected chi connectivity index (χ2v) is 6.57. The molecule has 0 aliphatic rings. The minimum absolute atomic E-state index is 0.151. The van der Waals surface area contributed by atoms with E-state index in [1.54, 1.807) is 0 Å². The highest BCUT2D eigenvalue weighted by molar-refractivity contribution is 7.12. The van der Waals surface area contributed by atoms with Gasteiger partial charge >= 0.3 is 0 Å². The van der Waals surface area contributed by atoms with Crippen molar-refractivity contribution in [3.05, 3.63) is 79.9 Å². The van der Waals surface area contributed by atoms with E-state index < -0.39 is 0 Å². The Balaban J connectivity index is 1.80. The maximum absolute atomic E-state index is 12.5. The van der Waals surface area contributed by atoms with Crippen LogP contribution in [0.25, 0.3) is 11.1 Å². The van der Waals surface area contributed by atoms with Crippen LogP contribution in [0, 0.1) is 13.8 Å². The minimum Gasteiger partial charge on any atom is -0.347 e. The molecule has 0 bridgehead atoms. The number of nitrogens with one attached hydrogen (secondary N) is 2. The van der Waals surface area contributed by atoms with Crippen LogP contribution in [0.15, 0.2) is 52.6 Å². The Hall–Kier alpha value is -2.66. The smallest absolute Gasteiger partial charge is 0.262 e. The van der Waals surface area contributed by atoms with E-state index in [0.29, 0.717) is 10.4 Å². The largest absolute Gasteiger partial charge is 0.347 e. The number of aromatic amines is 1. The quantitative estimate of drug-likeness (QED) is 0.763. The maximum atomic E-state index is 12.5. The van der Waals surface area contributed by atoms with Crippen molar-refractivity contribution in [2.75, 3.05) is 0 Å². The average Bonchev–Trinajstić information content (AvgIpc) is 3.04. The number of amides is 1. The van der Waals surface area contributed by atoms with E-state index in [1.807, 2.05) is 61.7 Å². The lowest BCUT2D eigenvalue weighted by molar-refractivity contribution is 0.0955. The Labute approximate surface area is 144 Å². The summed E-state index contributed by atoms with van der Waals surface area (Å²) in [6, 6.07) is 13.7. The van der Waals surface area contributed by atoms with Gasteiger partial charge in [0, 0.05) is 23.4 Å². The van der Waals surface area contributed by atoms with Crippen molar-refractivity contribution in [1.29, 1.82) is 0 Å². The van der Waals surface area contributed by atoms with Gasteiger partial charge in [0.05, 0.1) is 4.88 Å². The van der Waals surface area contributed by atoms with Crippen LogP contribution in [0.4, 0.5) is 0 Å². The molecule has 2 heterocycles. The zero-order valence-electron chi connectivity index (χ0n) is 13.6. The van der Waals surface area contributed by atoms with Crippen LogP contribution in [0.5, 0.6) is 0 Å². The van der Waals surface area contributed by atoms with E-state index in [1.165, 1.54) is 11.3 Å². The van der Waals surface area contributed by atoms with E-state index in [-0.39, 0.29) is 18.0 Å². The fraction of sp³-hybridized carbons (Fsp3) is 0.158. The molecule has 2 aromatic heterocycles. The summed E-state index contributed by atoms with van der Waals surface area (Å²) >= 11 is 1.40. The lowest BCUT2D eigenvalue weighted by atomic mass is 10.1. The Kier molecular flexibility index (Phi) is 4.62. The molecule has 0 fully saturated rings. The van der Waals surface area contributed by atoms with Crippen LogP contribution in [0.1, 0.15) is 26.5 Å². The Morgan fingerprint density at radius 1 is 1.17 bits per heavy atom. The molecule has 0 saturated carbocycles. The van der Waals surface area contributed by atoms with Crippen LogP contribution in [-0.4, -0.2) is 10.9 Å². The number of H-pyrrole nitrogens is 1. The lowest BCUT2D eigenvalue weighted by Crippen LogP contribution is -2.27. The number of benzene rings is 1. The second-order valence-electron chi connectivity index (χ2n) is 5.66. The van der Waals surface area contributed by atoms with Gasteiger partial charge in [-0.2, -0.15) is 0 Å². The highest BCUT2D eigenvalue weighted by atomic mass is 32.1.